The van der Waals surface area contributed by atoms with Crippen LogP contribution in [0, 0.1) is 27.7 Å². The predicted molar refractivity (Wildman–Crippen MR) is 107 cm³/mol. The van der Waals surface area contributed by atoms with E-state index in [-0.39, 0.29) is 36.0 Å². The second-order valence-corrected chi connectivity index (χ2v) is 8.83. The van der Waals surface area contributed by atoms with Gasteiger partial charge in [-0.3, -0.25) is 0 Å². The predicted octanol–water partition coefficient (Wildman–Crippen LogP) is 3.40. The van der Waals surface area contributed by atoms with Crippen molar-refractivity contribution in [1.29, 1.82) is 0 Å². The second kappa shape index (κ2) is 8.49. The van der Waals surface area contributed by atoms with E-state index in [1.54, 1.807) is 46.8 Å². The highest BCUT2D eigenvalue weighted by atomic mass is 32.2. The largest absolute Gasteiger partial charge is 0.468 e. The zero-order valence-corrected chi connectivity index (χ0v) is 18.4. The van der Waals surface area contributed by atoms with Gasteiger partial charge in [0.25, 0.3) is 0 Å². The van der Waals surface area contributed by atoms with Gasteiger partial charge in [0.15, 0.2) is 5.76 Å². The fourth-order valence-corrected chi connectivity index (χ4v) is 5.05. The van der Waals surface area contributed by atoms with Crippen LogP contribution in [-0.2, 0) is 27.8 Å². The summed E-state index contributed by atoms with van der Waals surface area (Å²) in [5.41, 5.74) is 2.63. The molecule has 0 radical (unpaired) electrons. The number of hydrogen-bond acceptors (Lipinski definition) is 7. The molecule has 0 bridgehead atoms. The minimum absolute atomic E-state index is 0.0121. The number of carbonyl (C=O) groups excluding carboxylic acids is 1. The minimum Gasteiger partial charge on any atom is -0.468 e. The van der Waals surface area contributed by atoms with E-state index in [0.29, 0.717) is 28.3 Å². The summed E-state index contributed by atoms with van der Waals surface area (Å²) >= 11 is 0. The summed E-state index contributed by atoms with van der Waals surface area (Å²) < 4.78 is 43.9. The average molecular weight is 436 g/mol. The topological polar surface area (TPSA) is 119 Å². The van der Waals surface area contributed by atoms with Crippen molar-refractivity contribution in [2.45, 2.75) is 52.6 Å². The number of aromatic nitrogens is 2. The lowest BCUT2D eigenvalue weighted by Gasteiger charge is -2.21. The first-order chi connectivity index (χ1) is 14.2. The number of sulfonamides is 1. The second-order valence-electron chi connectivity index (χ2n) is 6.95. The number of aryl methyl sites for hydroxylation is 3. The molecule has 30 heavy (non-hydrogen) atoms. The number of nitrogens with one attached hydrogen (secondary N) is 1. The van der Waals surface area contributed by atoms with Crippen LogP contribution in [0.1, 0.15) is 51.4 Å². The number of ether oxygens (including phenoxy) is 1. The molecular formula is C20H25N3O6S. The summed E-state index contributed by atoms with van der Waals surface area (Å²) in [7, 11) is -3.96. The summed E-state index contributed by atoms with van der Waals surface area (Å²) in [4.78, 5) is 15.3. The van der Waals surface area contributed by atoms with Crippen LogP contribution in [0.15, 0.2) is 32.2 Å². The Morgan fingerprint density at radius 2 is 1.97 bits per heavy atom. The zero-order chi connectivity index (χ0) is 22.1. The van der Waals surface area contributed by atoms with Gasteiger partial charge in [0.05, 0.1) is 19.4 Å². The third-order valence-corrected chi connectivity index (χ3v) is 6.92. The molecule has 0 aromatic carbocycles. The van der Waals surface area contributed by atoms with Crippen molar-refractivity contribution in [3.8, 4) is 0 Å². The Bertz CT molecular complexity index is 1120. The average Bonchev–Trinajstić information content (AvgIpc) is 3.37. The van der Waals surface area contributed by atoms with Gasteiger partial charge in [-0.05, 0) is 57.9 Å². The number of H-pyrrole nitrogens is 1. The van der Waals surface area contributed by atoms with Crippen molar-refractivity contribution < 1.29 is 26.9 Å². The lowest BCUT2D eigenvalue weighted by atomic mass is 10.1. The molecule has 3 aromatic rings. The number of aromatic amines is 1. The molecule has 3 rings (SSSR count). The first-order valence-corrected chi connectivity index (χ1v) is 10.9. The van der Waals surface area contributed by atoms with Gasteiger partial charge in [0, 0.05) is 12.2 Å². The molecule has 162 valence electrons. The van der Waals surface area contributed by atoms with Crippen LogP contribution >= 0.6 is 0 Å². The molecule has 1 N–H and O–H groups in total. The molecule has 3 aromatic heterocycles. The third-order valence-electron chi connectivity index (χ3n) is 4.88. The number of carbonyl (C=O) groups is 1. The van der Waals surface area contributed by atoms with E-state index in [0.717, 1.165) is 0 Å². The van der Waals surface area contributed by atoms with Crippen molar-refractivity contribution in [2.24, 2.45) is 0 Å². The van der Waals surface area contributed by atoms with Gasteiger partial charge in [-0.25, -0.2) is 13.2 Å². The van der Waals surface area contributed by atoms with E-state index in [9.17, 15) is 13.2 Å². The number of furan rings is 1. The summed E-state index contributed by atoms with van der Waals surface area (Å²) in [6, 6.07) is 3.40. The van der Waals surface area contributed by atoms with Gasteiger partial charge >= 0.3 is 5.97 Å². The standard InChI is InChI=1S/C20H25N3O6S/c1-6-27-20(24)18-12(2)17(13(3)21-18)11-23(10-16-8-7-9-28-16)30(25,26)19-14(4)22-29-15(19)5/h7-9,21H,6,10-11H2,1-5H3. The lowest BCUT2D eigenvalue weighted by Crippen LogP contribution is -2.31. The zero-order valence-electron chi connectivity index (χ0n) is 17.6. The molecule has 0 amide bonds. The van der Waals surface area contributed by atoms with E-state index in [1.807, 2.05) is 0 Å². The van der Waals surface area contributed by atoms with Crippen LogP contribution in [0.4, 0.5) is 0 Å². The van der Waals surface area contributed by atoms with Gasteiger partial charge in [0.1, 0.15) is 22.0 Å². The van der Waals surface area contributed by atoms with Gasteiger partial charge in [-0.2, -0.15) is 4.31 Å². The van der Waals surface area contributed by atoms with Crippen LogP contribution in [0.2, 0.25) is 0 Å². The van der Waals surface area contributed by atoms with E-state index in [1.165, 1.54) is 10.6 Å². The fraction of sp³-hybridized carbons (Fsp3) is 0.400. The Hall–Kier alpha value is -2.85. The fourth-order valence-electron chi connectivity index (χ4n) is 3.38. The van der Waals surface area contributed by atoms with Crippen molar-refractivity contribution in [2.75, 3.05) is 6.61 Å². The van der Waals surface area contributed by atoms with E-state index >= 15 is 0 Å². The highest BCUT2D eigenvalue weighted by molar-refractivity contribution is 7.89. The molecule has 0 spiro atoms. The van der Waals surface area contributed by atoms with Crippen LogP contribution in [0.5, 0.6) is 0 Å². The smallest absolute Gasteiger partial charge is 0.355 e. The molecule has 0 atom stereocenters. The Morgan fingerprint density at radius 3 is 2.53 bits per heavy atom. The molecule has 0 saturated heterocycles. The highest BCUT2D eigenvalue weighted by Gasteiger charge is 2.33. The summed E-state index contributed by atoms with van der Waals surface area (Å²) in [5.74, 6) is 0.226. The molecule has 0 aliphatic heterocycles. The number of rotatable bonds is 8. The normalized spacial score (nSPS) is 11.9. The minimum atomic E-state index is -3.96. The van der Waals surface area contributed by atoms with Crippen LogP contribution in [-0.4, -0.2) is 35.4 Å². The maximum Gasteiger partial charge on any atom is 0.355 e. The Morgan fingerprint density at radius 1 is 1.23 bits per heavy atom. The first-order valence-electron chi connectivity index (χ1n) is 9.47. The van der Waals surface area contributed by atoms with Gasteiger partial charge in [0.2, 0.25) is 10.0 Å². The van der Waals surface area contributed by atoms with Crippen molar-refractivity contribution in [3.63, 3.8) is 0 Å². The molecule has 0 aliphatic carbocycles. The van der Waals surface area contributed by atoms with Crippen molar-refractivity contribution >= 4 is 16.0 Å². The van der Waals surface area contributed by atoms with Crippen LogP contribution in [0.3, 0.4) is 0 Å². The summed E-state index contributed by atoms with van der Waals surface area (Å²) in [5, 5.41) is 3.78. The monoisotopic (exact) mass is 435 g/mol. The van der Waals surface area contributed by atoms with Crippen LogP contribution < -0.4 is 0 Å². The summed E-state index contributed by atoms with van der Waals surface area (Å²) in [6.45, 7) is 8.71. The highest BCUT2D eigenvalue weighted by Crippen LogP contribution is 2.29. The molecule has 0 aliphatic rings. The molecular weight excluding hydrogens is 410 g/mol. The molecule has 10 heteroatoms. The molecule has 0 fully saturated rings. The molecule has 0 saturated carbocycles. The third kappa shape index (κ3) is 4.05. The molecule has 0 unspecified atom stereocenters. The lowest BCUT2D eigenvalue weighted by molar-refractivity contribution is 0.0519. The maximum absolute atomic E-state index is 13.5. The molecule has 9 nitrogen and oxygen atoms in total. The number of nitrogens with zero attached hydrogens (tertiary/aromatic N) is 2. The van der Waals surface area contributed by atoms with Gasteiger partial charge in [-0.1, -0.05) is 5.16 Å². The SMILES string of the molecule is CCOC(=O)c1[nH]c(C)c(CN(Cc2ccco2)S(=O)(=O)c2c(C)noc2C)c1C. The van der Waals surface area contributed by atoms with Crippen LogP contribution in [0.25, 0.3) is 0 Å². The summed E-state index contributed by atoms with van der Waals surface area (Å²) in [6.07, 6.45) is 1.49. The first kappa shape index (κ1) is 21.8. The number of hydrogen-bond donors (Lipinski definition) is 1. The molecule has 3 heterocycles. The Kier molecular flexibility index (Phi) is 6.18. The number of esters is 1. The Balaban J connectivity index is 2.04. The van der Waals surface area contributed by atoms with Gasteiger partial charge < -0.3 is 18.7 Å². The van der Waals surface area contributed by atoms with Crippen molar-refractivity contribution in [3.05, 3.63) is 58.1 Å². The van der Waals surface area contributed by atoms with Crippen molar-refractivity contribution in [1.82, 2.24) is 14.4 Å². The maximum atomic E-state index is 13.5. The van der Waals surface area contributed by atoms with E-state index in [2.05, 4.69) is 10.1 Å². The van der Waals surface area contributed by atoms with E-state index in [4.69, 9.17) is 13.7 Å². The Labute approximate surface area is 175 Å². The van der Waals surface area contributed by atoms with E-state index < -0.39 is 16.0 Å². The van der Waals surface area contributed by atoms with Gasteiger partial charge in [-0.15, -0.1) is 0 Å². The quantitative estimate of drug-likeness (QED) is 0.539.